The van der Waals surface area contributed by atoms with Crippen LogP contribution in [0.4, 0.5) is 0 Å². The van der Waals surface area contributed by atoms with Crippen molar-refractivity contribution in [2.24, 2.45) is 13.0 Å². The second-order valence-corrected chi connectivity index (χ2v) is 10.6. The second kappa shape index (κ2) is 10.1. The lowest BCUT2D eigenvalue weighted by atomic mass is 9.96. The van der Waals surface area contributed by atoms with Crippen LogP contribution in [-0.4, -0.2) is 54.5 Å². The molecule has 1 N–H and O–H groups in total. The molecule has 2 aromatic rings. The van der Waals surface area contributed by atoms with E-state index in [2.05, 4.69) is 10.3 Å². The van der Waals surface area contributed by atoms with E-state index in [4.69, 9.17) is 9.47 Å². The number of sulfonamides is 1. The fourth-order valence-electron chi connectivity index (χ4n) is 3.86. The van der Waals surface area contributed by atoms with E-state index in [-0.39, 0.29) is 29.0 Å². The second-order valence-electron chi connectivity index (χ2n) is 8.72. The predicted molar refractivity (Wildman–Crippen MR) is 125 cm³/mol. The maximum Gasteiger partial charge on any atom is 0.262 e. The summed E-state index contributed by atoms with van der Waals surface area (Å²) < 4.78 is 40.0. The number of benzene rings is 1. The third kappa shape index (κ3) is 5.67. The molecule has 1 fully saturated rings. The molecule has 0 bridgehead atoms. The minimum absolute atomic E-state index is 0.0262. The van der Waals surface area contributed by atoms with Crippen LogP contribution >= 0.6 is 0 Å². The molecule has 1 amide bonds. The summed E-state index contributed by atoms with van der Waals surface area (Å²) in [7, 11) is -0.305. The van der Waals surface area contributed by atoms with E-state index < -0.39 is 10.0 Å². The highest BCUT2D eigenvalue weighted by atomic mass is 32.2. The van der Waals surface area contributed by atoms with Crippen molar-refractivity contribution in [2.75, 3.05) is 20.2 Å². The van der Waals surface area contributed by atoms with Crippen LogP contribution < -0.4 is 14.8 Å². The highest BCUT2D eigenvalue weighted by Crippen LogP contribution is 2.31. The Balaban J connectivity index is 1.60. The van der Waals surface area contributed by atoms with Gasteiger partial charge in [0.15, 0.2) is 16.5 Å². The largest absolute Gasteiger partial charge is 0.493 e. The molecule has 9 nitrogen and oxygen atoms in total. The number of carbonyl (C=O) groups is 1. The molecular weight excluding hydrogens is 444 g/mol. The summed E-state index contributed by atoms with van der Waals surface area (Å²) in [6, 6.07) is 5.40. The number of ether oxygens (including phenoxy) is 2. The summed E-state index contributed by atoms with van der Waals surface area (Å²) in [4.78, 5) is 17.0. The van der Waals surface area contributed by atoms with Gasteiger partial charge in [0.2, 0.25) is 5.91 Å². The van der Waals surface area contributed by atoms with Gasteiger partial charge in [-0.3, -0.25) is 4.79 Å². The summed E-state index contributed by atoms with van der Waals surface area (Å²) in [6.07, 6.45) is 2.48. The number of nitrogens with one attached hydrogen (secondary N) is 1. The van der Waals surface area contributed by atoms with Gasteiger partial charge in [0.25, 0.3) is 10.0 Å². The lowest BCUT2D eigenvalue weighted by Gasteiger charge is -2.30. The van der Waals surface area contributed by atoms with Crippen LogP contribution in [0.5, 0.6) is 11.5 Å². The number of hydrogen-bond acceptors (Lipinski definition) is 6. The summed E-state index contributed by atoms with van der Waals surface area (Å²) in [5.74, 6) is 1.60. The first-order valence-electron chi connectivity index (χ1n) is 11.2. The van der Waals surface area contributed by atoms with Crippen molar-refractivity contribution in [3.05, 3.63) is 35.8 Å². The van der Waals surface area contributed by atoms with Crippen LogP contribution in [0.3, 0.4) is 0 Å². The molecule has 10 heteroatoms. The van der Waals surface area contributed by atoms with Gasteiger partial charge in [0.05, 0.1) is 19.3 Å². The molecule has 1 aromatic heterocycles. The Morgan fingerprint density at radius 2 is 1.85 bits per heavy atom. The smallest absolute Gasteiger partial charge is 0.262 e. The zero-order valence-electron chi connectivity index (χ0n) is 20.2. The summed E-state index contributed by atoms with van der Waals surface area (Å²) in [5, 5.41) is 3.11. The van der Waals surface area contributed by atoms with Gasteiger partial charge in [0.1, 0.15) is 5.82 Å². The molecule has 0 spiro atoms. The number of rotatable bonds is 8. The maximum absolute atomic E-state index is 12.9. The molecule has 182 valence electrons. The molecule has 1 aliphatic heterocycles. The number of carbonyl (C=O) groups excluding carboxylic acids is 1. The van der Waals surface area contributed by atoms with Crippen LogP contribution in [0, 0.1) is 12.8 Å². The van der Waals surface area contributed by atoms with Gasteiger partial charge in [-0.1, -0.05) is 6.07 Å². The molecule has 1 aliphatic rings. The van der Waals surface area contributed by atoms with Crippen LogP contribution in [0.25, 0.3) is 0 Å². The van der Waals surface area contributed by atoms with Crippen molar-refractivity contribution >= 4 is 15.9 Å². The molecule has 1 saturated heterocycles. The summed E-state index contributed by atoms with van der Waals surface area (Å²) >= 11 is 0. The van der Waals surface area contributed by atoms with Gasteiger partial charge in [-0.2, -0.15) is 4.31 Å². The molecule has 0 saturated carbocycles. The van der Waals surface area contributed by atoms with Gasteiger partial charge in [-0.15, -0.1) is 0 Å². The third-order valence-corrected chi connectivity index (χ3v) is 7.69. The van der Waals surface area contributed by atoms with E-state index >= 15 is 0 Å². The Kier molecular flexibility index (Phi) is 7.69. The van der Waals surface area contributed by atoms with E-state index in [9.17, 15) is 13.2 Å². The van der Waals surface area contributed by atoms with Crippen LogP contribution in [0.1, 0.15) is 51.0 Å². The van der Waals surface area contributed by atoms with E-state index in [1.165, 1.54) is 10.5 Å². The monoisotopic (exact) mass is 478 g/mol. The molecule has 3 rings (SSSR count). The Bertz CT molecular complexity index is 1070. The van der Waals surface area contributed by atoms with E-state index in [1.54, 1.807) is 25.6 Å². The van der Waals surface area contributed by atoms with E-state index in [0.717, 1.165) is 5.56 Å². The summed E-state index contributed by atoms with van der Waals surface area (Å²) in [6.45, 7) is 8.16. The Hall–Kier alpha value is -2.59. The van der Waals surface area contributed by atoms with Crippen molar-refractivity contribution < 1.29 is 22.7 Å². The highest BCUT2D eigenvalue weighted by molar-refractivity contribution is 7.89. The first-order chi connectivity index (χ1) is 15.5. The lowest BCUT2D eigenvalue weighted by molar-refractivity contribution is -0.126. The van der Waals surface area contributed by atoms with Crippen LogP contribution in [0.15, 0.2) is 29.4 Å². The fraction of sp³-hybridized carbons (Fsp3) is 0.565. The molecule has 1 aromatic carbocycles. The van der Waals surface area contributed by atoms with Crippen molar-refractivity contribution in [1.82, 2.24) is 19.2 Å². The Morgan fingerprint density at radius 1 is 1.18 bits per heavy atom. The van der Waals surface area contributed by atoms with Crippen molar-refractivity contribution in [2.45, 2.75) is 57.7 Å². The number of aryl methyl sites for hydroxylation is 2. The molecule has 1 atom stereocenters. The topological polar surface area (TPSA) is 103 Å². The molecule has 2 heterocycles. The average molecular weight is 479 g/mol. The van der Waals surface area contributed by atoms with E-state index in [1.807, 2.05) is 39.0 Å². The zero-order chi connectivity index (χ0) is 24.3. The molecule has 0 radical (unpaired) electrons. The van der Waals surface area contributed by atoms with Crippen molar-refractivity contribution in [3.8, 4) is 11.5 Å². The van der Waals surface area contributed by atoms with Crippen molar-refractivity contribution in [3.63, 3.8) is 0 Å². The standard InChI is InChI=1S/C23H34N4O5S/c1-15(2)32-20-8-7-19(13-21(20)31-6)16(3)24-23(28)18-9-11-27(12-10-18)33(29,30)22-14-26(5)17(4)25-22/h7-8,13-16,18H,9-12H2,1-6H3,(H,24,28). The van der Waals surface area contributed by atoms with Gasteiger partial charge >= 0.3 is 0 Å². The number of hydrogen-bond donors (Lipinski definition) is 1. The molecule has 1 unspecified atom stereocenters. The normalized spacial score (nSPS) is 16.6. The SMILES string of the molecule is COc1cc(C(C)NC(=O)C2CCN(S(=O)(=O)c3cn(C)c(C)n3)CC2)ccc1OC(C)C. The molecular formula is C23H34N4O5S. The lowest BCUT2D eigenvalue weighted by Crippen LogP contribution is -2.43. The Morgan fingerprint density at radius 3 is 2.39 bits per heavy atom. The van der Waals surface area contributed by atoms with Crippen LogP contribution in [0.2, 0.25) is 0 Å². The zero-order valence-corrected chi connectivity index (χ0v) is 21.0. The van der Waals surface area contributed by atoms with Crippen molar-refractivity contribution in [1.29, 1.82) is 0 Å². The van der Waals surface area contributed by atoms with Gasteiger partial charge < -0.3 is 19.4 Å². The summed E-state index contributed by atoms with van der Waals surface area (Å²) in [5.41, 5.74) is 0.904. The molecule has 33 heavy (non-hydrogen) atoms. The fourth-order valence-corrected chi connectivity index (χ4v) is 5.36. The number of aromatic nitrogens is 2. The number of methoxy groups -OCH3 is 1. The van der Waals surface area contributed by atoms with E-state index in [0.29, 0.717) is 43.3 Å². The number of imidazole rings is 1. The number of nitrogens with zero attached hydrogens (tertiary/aromatic N) is 3. The van der Waals surface area contributed by atoms with Gasteiger partial charge in [-0.05, 0) is 58.2 Å². The average Bonchev–Trinajstić information content (AvgIpc) is 3.12. The molecule has 0 aliphatic carbocycles. The number of amides is 1. The first kappa shape index (κ1) is 25.0. The first-order valence-corrected chi connectivity index (χ1v) is 12.6. The third-order valence-electron chi connectivity index (χ3n) is 5.92. The van der Waals surface area contributed by atoms with Gasteiger partial charge in [-0.25, -0.2) is 13.4 Å². The highest BCUT2D eigenvalue weighted by Gasteiger charge is 2.34. The quantitative estimate of drug-likeness (QED) is 0.626. The predicted octanol–water partition coefficient (Wildman–Crippen LogP) is 2.80. The van der Waals surface area contributed by atoms with Gasteiger partial charge in [0, 0.05) is 32.3 Å². The maximum atomic E-state index is 12.9. The Labute approximate surface area is 196 Å². The number of piperidine rings is 1. The minimum Gasteiger partial charge on any atom is -0.493 e. The van der Waals surface area contributed by atoms with Crippen LogP contribution in [-0.2, 0) is 21.9 Å². The minimum atomic E-state index is -3.66.